The number of H-pyrrole nitrogens is 1. The molecule has 0 radical (unpaired) electrons. The highest BCUT2D eigenvalue weighted by Crippen LogP contribution is 2.65. The number of nitrogens with one attached hydrogen (secondary N) is 1. The fraction of sp³-hybridized carbons (Fsp3) is 0.444. The third-order valence-electron chi connectivity index (χ3n) is 11.1. The molecule has 47 heavy (non-hydrogen) atoms. The van der Waals surface area contributed by atoms with E-state index in [1.807, 2.05) is 24.4 Å². The Morgan fingerprint density at radius 1 is 1.02 bits per heavy atom. The van der Waals surface area contributed by atoms with Gasteiger partial charge in [-0.2, -0.15) is 5.10 Å². The van der Waals surface area contributed by atoms with Crippen LogP contribution in [0, 0.1) is 5.41 Å². The number of hydrogen-bond donors (Lipinski definition) is 1. The molecule has 2 spiro atoms. The summed E-state index contributed by atoms with van der Waals surface area (Å²) < 4.78 is 57.4. The first kappa shape index (κ1) is 26.2. The molecule has 6 heterocycles. The molecule has 3 aliphatic heterocycles. The Labute approximate surface area is 279 Å². The maximum atomic E-state index is 12.6. The standard InChI is InChI=1S/C36H41N7O3S/c1-4-47(44,45)43-21-35(22-43)19-36(20-35)23-40(2)29-17-37-34-31(32(29)36)30(26-9-10-28-27(15-26)16-38-41(28)3)33(39-34)25-7-5-24(6-8-25)18-42-11-13-46-14-12-42/h5-10,15-17H,4,11-14,18-23H2,1-3H3,(H,37,39)/i3D3. The minimum absolute atomic E-state index is 0.00132. The number of rotatable bonds is 6. The molecule has 5 aromatic rings. The molecule has 10 nitrogen and oxygen atoms in total. The number of likely N-dealkylation sites (N-methyl/N-ethyl adjacent to an activating group) is 1. The van der Waals surface area contributed by atoms with E-state index < -0.39 is 17.0 Å². The van der Waals surface area contributed by atoms with Crippen LogP contribution in [0.25, 0.3) is 44.3 Å². The first-order valence-electron chi connectivity index (χ1n) is 18.0. The Kier molecular flexibility index (Phi) is 5.78. The third kappa shape index (κ3) is 4.50. The summed E-state index contributed by atoms with van der Waals surface area (Å²) in [4.78, 5) is 13.4. The highest BCUT2D eigenvalue weighted by Gasteiger charge is 2.64. The molecule has 0 bridgehead atoms. The number of nitrogens with zero attached hydrogens (tertiary/aromatic N) is 6. The van der Waals surface area contributed by atoms with Crippen molar-refractivity contribution >= 4 is 37.6 Å². The van der Waals surface area contributed by atoms with E-state index in [9.17, 15) is 8.42 Å². The lowest BCUT2D eigenvalue weighted by Gasteiger charge is -2.63. The Balaban J connectivity index is 1.17. The molecule has 1 saturated carbocycles. The van der Waals surface area contributed by atoms with Crippen LogP contribution >= 0.6 is 0 Å². The molecule has 244 valence electrons. The van der Waals surface area contributed by atoms with Crippen molar-refractivity contribution < 1.29 is 17.3 Å². The zero-order valence-electron chi connectivity index (χ0n) is 29.8. The van der Waals surface area contributed by atoms with Gasteiger partial charge in [-0.05, 0) is 59.6 Å². The number of aromatic amines is 1. The van der Waals surface area contributed by atoms with Crippen molar-refractivity contribution in [1.29, 1.82) is 0 Å². The van der Waals surface area contributed by atoms with Gasteiger partial charge >= 0.3 is 0 Å². The van der Waals surface area contributed by atoms with Crippen molar-refractivity contribution in [2.75, 3.05) is 63.6 Å². The number of benzene rings is 2. The van der Waals surface area contributed by atoms with Gasteiger partial charge in [-0.25, -0.2) is 17.7 Å². The molecule has 0 unspecified atom stereocenters. The number of fused-ring (bicyclic) bond motifs is 5. The molecular formula is C36H41N7O3S. The maximum Gasteiger partial charge on any atom is 0.213 e. The lowest BCUT2D eigenvalue weighted by Crippen LogP contribution is -2.68. The van der Waals surface area contributed by atoms with Gasteiger partial charge in [-0.15, -0.1) is 0 Å². The number of ether oxygens (including phenoxy) is 1. The van der Waals surface area contributed by atoms with Gasteiger partial charge in [0, 0.05) is 79.2 Å². The number of sulfonamides is 1. The van der Waals surface area contributed by atoms with Crippen LogP contribution in [0.15, 0.2) is 54.9 Å². The maximum absolute atomic E-state index is 12.6. The smallest absolute Gasteiger partial charge is 0.213 e. The Bertz CT molecular complexity index is 2240. The van der Waals surface area contributed by atoms with Crippen molar-refractivity contribution in [3.63, 3.8) is 0 Å². The number of anilines is 1. The van der Waals surface area contributed by atoms with Gasteiger partial charge in [-0.3, -0.25) is 9.58 Å². The number of hydrogen-bond acceptors (Lipinski definition) is 7. The van der Waals surface area contributed by atoms with Crippen molar-refractivity contribution in [2.24, 2.45) is 12.4 Å². The minimum atomic E-state index is -3.20. The highest BCUT2D eigenvalue weighted by atomic mass is 32.2. The quantitative estimate of drug-likeness (QED) is 0.282. The predicted octanol–water partition coefficient (Wildman–Crippen LogP) is 4.75. The molecular weight excluding hydrogens is 611 g/mol. The molecule has 2 aromatic carbocycles. The van der Waals surface area contributed by atoms with E-state index in [0.717, 1.165) is 101 Å². The van der Waals surface area contributed by atoms with Crippen LogP contribution in [0.1, 0.15) is 35.0 Å². The van der Waals surface area contributed by atoms with E-state index in [-0.39, 0.29) is 16.6 Å². The fourth-order valence-corrected chi connectivity index (χ4v) is 10.4. The summed E-state index contributed by atoms with van der Waals surface area (Å²) in [5.41, 5.74) is 8.85. The average Bonchev–Trinajstić information content (AvgIpc) is 3.75. The Morgan fingerprint density at radius 2 is 1.79 bits per heavy atom. The number of aryl methyl sites for hydroxylation is 1. The average molecular weight is 655 g/mol. The van der Waals surface area contributed by atoms with Crippen LogP contribution in [-0.4, -0.2) is 96.1 Å². The first-order valence-corrected chi connectivity index (χ1v) is 18.1. The Hall–Kier alpha value is -3.77. The van der Waals surface area contributed by atoms with Crippen molar-refractivity contribution in [3.8, 4) is 22.4 Å². The summed E-state index contributed by atoms with van der Waals surface area (Å²) in [6, 6.07) is 14.6. The zero-order chi connectivity index (χ0) is 34.6. The van der Waals surface area contributed by atoms with E-state index in [4.69, 9.17) is 13.8 Å². The van der Waals surface area contributed by atoms with E-state index in [1.54, 1.807) is 17.4 Å². The normalized spacial score (nSPS) is 21.9. The zero-order valence-corrected chi connectivity index (χ0v) is 27.6. The van der Waals surface area contributed by atoms with Gasteiger partial charge in [-0.1, -0.05) is 30.3 Å². The fourth-order valence-electron chi connectivity index (χ4n) is 9.05. The molecule has 9 rings (SSSR count). The van der Waals surface area contributed by atoms with Crippen LogP contribution < -0.4 is 4.90 Å². The number of aromatic nitrogens is 4. The number of morpholine rings is 1. The van der Waals surface area contributed by atoms with Gasteiger partial charge in [0.15, 0.2) is 0 Å². The molecule has 0 atom stereocenters. The molecule has 11 heteroatoms. The summed E-state index contributed by atoms with van der Waals surface area (Å²) in [6.45, 7) is 5.60. The van der Waals surface area contributed by atoms with Crippen LogP contribution in [0.4, 0.5) is 5.69 Å². The van der Waals surface area contributed by atoms with E-state index >= 15 is 0 Å². The van der Waals surface area contributed by atoms with Crippen LogP contribution in [0.5, 0.6) is 0 Å². The monoisotopic (exact) mass is 654 g/mol. The summed E-state index contributed by atoms with van der Waals surface area (Å²) in [6.07, 6.45) is 5.45. The first-order chi connectivity index (χ1) is 23.9. The minimum Gasteiger partial charge on any atom is -0.379 e. The van der Waals surface area contributed by atoms with E-state index in [2.05, 4.69) is 51.2 Å². The Morgan fingerprint density at radius 3 is 2.53 bits per heavy atom. The summed E-state index contributed by atoms with van der Waals surface area (Å²) in [7, 11) is -1.08. The van der Waals surface area contributed by atoms with Crippen LogP contribution in [-0.2, 0) is 33.7 Å². The molecule has 0 amide bonds. The van der Waals surface area contributed by atoms with E-state index in [1.165, 1.54) is 11.1 Å². The summed E-state index contributed by atoms with van der Waals surface area (Å²) in [5.74, 6) is 0.130. The summed E-state index contributed by atoms with van der Waals surface area (Å²) >= 11 is 0. The highest BCUT2D eigenvalue weighted by molar-refractivity contribution is 7.89. The second kappa shape index (κ2) is 10.4. The van der Waals surface area contributed by atoms with Gasteiger partial charge in [0.2, 0.25) is 10.0 Å². The second-order valence-corrected chi connectivity index (χ2v) is 16.4. The van der Waals surface area contributed by atoms with Gasteiger partial charge < -0.3 is 14.6 Å². The molecule has 2 saturated heterocycles. The number of pyridine rings is 1. The van der Waals surface area contributed by atoms with Crippen LogP contribution in [0.3, 0.4) is 0 Å². The molecule has 1 N–H and O–H groups in total. The topological polar surface area (TPSA) is 99.6 Å². The predicted molar refractivity (Wildman–Crippen MR) is 185 cm³/mol. The second-order valence-electron chi connectivity index (χ2n) is 14.2. The molecule has 1 aliphatic carbocycles. The van der Waals surface area contributed by atoms with Crippen molar-refractivity contribution in [2.45, 2.75) is 31.7 Å². The van der Waals surface area contributed by atoms with Crippen molar-refractivity contribution in [1.82, 2.24) is 29.0 Å². The van der Waals surface area contributed by atoms with Gasteiger partial charge in [0.25, 0.3) is 0 Å². The molecule has 4 aliphatic rings. The summed E-state index contributed by atoms with van der Waals surface area (Å²) in [5, 5.41) is 6.06. The van der Waals surface area contributed by atoms with E-state index in [0.29, 0.717) is 18.6 Å². The third-order valence-corrected chi connectivity index (χ3v) is 12.9. The lowest BCUT2D eigenvalue weighted by molar-refractivity contribution is -0.0657. The van der Waals surface area contributed by atoms with Gasteiger partial charge in [0.1, 0.15) is 5.65 Å². The SMILES string of the molecule is [2H]C([2H])([2H])n1ncc2cc(-c3c(-c4ccc(CN5CCOCC5)cc4)[nH]c4ncc5c(c34)C3(CN5C)CC4(CN(S(=O)(=O)CC)C4)C3)ccc21. The van der Waals surface area contributed by atoms with Gasteiger partial charge in [0.05, 0.1) is 48.3 Å². The molecule has 3 aromatic heterocycles. The van der Waals surface area contributed by atoms with Crippen molar-refractivity contribution in [3.05, 3.63) is 66.0 Å². The van der Waals surface area contributed by atoms with Crippen LogP contribution in [0.2, 0.25) is 0 Å². The molecule has 3 fully saturated rings. The largest absolute Gasteiger partial charge is 0.379 e. The lowest BCUT2D eigenvalue weighted by atomic mass is 9.48.